The molecule has 2 aliphatic heterocycles. The SMILES string of the molecule is CCc1nc2ccccc2n1CC(=O)N1CC[C@@H]2CNC[C@@H]2CC1. The van der Waals surface area contributed by atoms with Crippen LogP contribution in [0.5, 0.6) is 0 Å². The molecule has 24 heavy (non-hydrogen) atoms. The fourth-order valence-electron chi connectivity index (χ4n) is 4.27. The summed E-state index contributed by atoms with van der Waals surface area (Å²) in [5, 5.41) is 3.49. The number of imidazole rings is 1. The van der Waals surface area contributed by atoms with Crippen molar-refractivity contribution in [3.63, 3.8) is 0 Å². The van der Waals surface area contributed by atoms with Crippen molar-refractivity contribution in [2.45, 2.75) is 32.7 Å². The van der Waals surface area contributed by atoms with Crippen molar-refractivity contribution in [1.82, 2.24) is 19.8 Å². The first-order chi connectivity index (χ1) is 11.8. The molecule has 2 atom stereocenters. The number of fused-ring (bicyclic) bond motifs is 2. The van der Waals surface area contributed by atoms with Crippen molar-refractivity contribution in [1.29, 1.82) is 0 Å². The number of benzene rings is 1. The highest BCUT2D eigenvalue weighted by atomic mass is 16.2. The van der Waals surface area contributed by atoms with Gasteiger partial charge in [-0.2, -0.15) is 0 Å². The number of para-hydroxylation sites is 2. The average molecular weight is 326 g/mol. The molecule has 3 heterocycles. The molecule has 5 nitrogen and oxygen atoms in total. The summed E-state index contributed by atoms with van der Waals surface area (Å²) in [5.41, 5.74) is 2.05. The molecule has 0 bridgehead atoms. The van der Waals surface area contributed by atoms with E-state index < -0.39 is 0 Å². The molecular formula is C19H26N4O. The van der Waals surface area contributed by atoms with E-state index in [0.717, 1.165) is 74.1 Å². The van der Waals surface area contributed by atoms with Gasteiger partial charge in [-0.1, -0.05) is 19.1 Å². The van der Waals surface area contributed by atoms with Crippen molar-refractivity contribution in [2.75, 3.05) is 26.2 Å². The molecule has 0 unspecified atom stereocenters. The van der Waals surface area contributed by atoms with Gasteiger partial charge < -0.3 is 14.8 Å². The topological polar surface area (TPSA) is 50.2 Å². The van der Waals surface area contributed by atoms with E-state index in [1.165, 1.54) is 0 Å². The largest absolute Gasteiger partial charge is 0.341 e. The molecule has 1 N–H and O–H groups in total. The highest BCUT2D eigenvalue weighted by Crippen LogP contribution is 2.27. The fraction of sp³-hybridized carbons (Fsp3) is 0.579. The number of hydrogen-bond donors (Lipinski definition) is 1. The van der Waals surface area contributed by atoms with E-state index in [0.29, 0.717) is 6.54 Å². The second kappa shape index (κ2) is 6.55. The fourth-order valence-corrected chi connectivity index (χ4v) is 4.27. The predicted octanol–water partition coefficient (Wildman–Crippen LogP) is 2.06. The summed E-state index contributed by atoms with van der Waals surface area (Å²) in [6.45, 7) is 6.56. The Morgan fingerprint density at radius 3 is 2.62 bits per heavy atom. The summed E-state index contributed by atoms with van der Waals surface area (Å²) in [7, 11) is 0. The Morgan fingerprint density at radius 2 is 1.92 bits per heavy atom. The van der Waals surface area contributed by atoms with Gasteiger partial charge in [-0.3, -0.25) is 4.79 Å². The monoisotopic (exact) mass is 326 g/mol. The van der Waals surface area contributed by atoms with Gasteiger partial charge in [0.15, 0.2) is 0 Å². The Labute approximate surface area is 143 Å². The van der Waals surface area contributed by atoms with Gasteiger partial charge in [0.1, 0.15) is 12.4 Å². The zero-order chi connectivity index (χ0) is 16.5. The average Bonchev–Trinajstić information content (AvgIpc) is 3.14. The molecular weight excluding hydrogens is 300 g/mol. The lowest BCUT2D eigenvalue weighted by Crippen LogP contribution is -2.35. The molecule has 4 rings (SSSR count). The molecule has 0 radical (unpaired) electrons. The van der Waals surface area contributed by atoms with Crippen molar-refractivity contribution in [2.24, 2.45) is 11.8 Å². The van der Waals surface area contributed by atoms with Crippen LogP contribution >= 0.6 is 0 Å². The van der Waals surface area contributed by atoms with Crippen molar-refractivity contribution >= 4 is 16.9 Å². The molecule has 0 saturated carbocycles. The molecule has 5 heteroatoms. The minimum absolute atomic E-state index is 0.237. The number of likely N-dealkylation sites (tertiary alicyclic amines) is 1. The van der Waals surface area contributed by atoms with Gasteiger partial charge in [0.2, 0.25) is 5.91 Å². The van der Waals surface area contributed by atoms with Gasteiger partial charge in [0.05, 0.1) is 11.0 Å². The lowest BCUT2D eigenvalue weighted by molar-refractivity contribution is -0.131. The van der Waals surface area contributed by atoms with Gasteiger partial charge >= 0.3 is 0 Å². The Bertz CT molecular complexity index is 724. The Kier molecular flexibility index (Phi) is 4.27. The summed E-state index contributed by atoms with van der Waals surface area (Å²) in [5.74, 6) is 2.74. The third-order valence-electron chi connectivity index (χ3n) is 5.72. The van der Waals surface area contributed by atoms with Crippen LogP contribution in [-0.4, -0.2) is 46.5 Å². The third-order valence-corrected chi connectivity index (χ3v) is 5.72. The van der Waals surface area contributed by atoms with E-state index in [9.17, 15) is 4.79 Å². The highest BCUT2D eigenvalue weighted by molar-refractivity contribution is 5.81. The molecule has 2 saturated heterocycles. The number of nitrogens with one attached hydrogen (secondary N) is 1. The minimum atomic E-state index is 0.237. The Morgan fingerprint density at radius 1 is 1.21 bits per heavy atom. The highest BCUT2D eigenvalue weighted by Gasteiger charge is 2.31. The van der Waals surface area contributed by atoms with Crippen LogP contribution in [0.2, 0.25) is 0 Å². The van der Waals surface area contributed by atoms with Crippen LogP contribution in [0.15, 0.2) is 24.3 Å². The lowest BCUT2D eigenvalue weighted by atomic mass is 9.92. The molecule has 2 aliphatic rings. The van der Waals surface area contributed by atoms with E-state index in [1.54, 1.807) is 0 Å². The van der Waals surface area contributed by atoms with Crippen LogP contribution in [-0.2, 0) is 17.8 Å². The summed E-state index contributed by atoms with van der Waals surface area (Å²) < 4.78 is 2.10. The first-order valence-corrected chi connectivity index (χ1v) is 9.19. The molecule has 2 aromatic rings. The van der Waals surface area contributed by atoms with E-state index in [4.69, 9.17) is 0 Å². The summed E-state index contributed by atoms with van der Waals surface area (Å²) in [4.78, 5) is 19.7. The van der Waals surface area contributed by atoms with Crippen molar-refractivity contribution in [3.8, 4) is 0 Å². The standard InChI is InChI=1S/C19H26N4O/c1-2-18-21-16-5-3-4-6-17(16)23(18)13-19(24)22-9-7-14-11-20-12-15(14)8-10-22/h3-6,14-15,20H,2,7-13H2,1H3/t14-,15+. The molecule has 2 fully saturated rings. The van der Waals surface area contributed by atoms with Crippen LogP contribution in [0.4, 0.5) is 0 Å². The molecule has 0 aliphatic carbocycles. The maximum atomic E-state index is 12.9. The van der Waals surface area contributed by atoms with Gasteiger partial charge in [-0.15, -0.1) is 0 Å². The maximum Gasteiger partial charge on any atom is 0.242 e. The molecule has 1 amide bonds. The third kappa shape index (κ3) is 2.81. The second-order valence-electron chi connectivity index (χ2n) is 7.09. The Hall–Kier alpha value is -1.88. The maximum absolute atomic E-state index is 12.9. The van der Waals surface area contributed by atoms with Crippen LogP contribution in [0.1, 0.15) is 25.6 Å². The quantitative estimate of drug-likeness (QED) is 0.939. The molecule has 128 valence electrons. The number of aryl methyl sites for hydroxylation is 1. The first kappa shape index (κ1) is 15.6. The summed E-state index contributed by atoms with van der Waals surface area (Å²) in [6, 6.07) is 8.11. The Balaban J connectivity index is 1.52. The number of nitrogens with zero attached hydrogens (tertiary/aromatic N) is 3. The zero-order valence-corrected chi connectivity index (χ0v) is 14.4. The summed E-state index contributed by atoms with van der Waals surface area (Å²) in [6.07, 6.45) is 3.11. The van der Waals surface area contributed by atoms with E-state index in [2.05, 4.69) is 32.8 Å². The first-order valence-electron chi connectivity index (χ1n) is 9.19. The number of amides is 1. The smallest absolute Gasteiger partial charge is 0.242 e. The van der Waals surface area contributed by atoms with Gasteiger partial charge in [-0.25, -0.2) is 4.98 Å². The van der Waals surface area contributed by atoms with E-state index in [1.807, 2.05) is 18.2 Å². The normalized spacial score (nSPS) is 24.1. The van der Waals surface area contributed by atoms with Crippen LogP contribution < -0.4 is 5.32 Å². The van der Waals surface area contributed by atoms with E-state index >= 15 is 0 Å². The van der Waals surface area contributed by atoms with Crippen molar-refractivity contribution in [3.05, 3.63) is 30.1 Å². The minimum Gasteiger partial charge on any atom is -0.341 e. The number of aromatic nitrogens is 2. The van der Waals surface area contributed by atoms with Crippen molar-refractivity contribution < 1.29 is 4.79 Å². The van der Waals surface area contributed by atoms with Gasteiger partial charge in [0, 0.05) is 19.5 Å². The lowest BCUT2D eigenvalue weighted by Gasteiger charge is -2.22. The summed E-state index contributed by atoms with van der Waals surface area (Å²) >= 11 is 0. The molecule has 0 spiro atoms. The van der Waals surface area contributed by atoms with Crippen LogP contribution in [0.3, 0.4) is 0 Å². The number of carbonyl (C=O) groups excluding carboxylic acids is 1. The van der Waals surface area contributed by atoms with Gasteiger partial charge in [-0.05, 0) is 49.9 Å². The molecule has 1 aromatic heterocycles. The van der Waals surface area contributed by atoms with Crippen LogP contribution in [0.25, 0.3) is 11.0 Å². The zero-order valence-electron chi connectivity index (χ0n) is 14.4. The van der Waals surface area contributed by atoms with E-state index in [-0.39, 0.29) is 5.91 Å². The predicted molar refractivity (Wildman–Crippen MR) is 94.8 cm³/mol. The van der Waals surface area contributed by atoms with Gasteiger partial charge in [0.25, 0.3) is 0 Å². The number of hydrogen-bond acceptors (Lipinski definition) is 3. The van der Waals surface area contributed by atoms with Crippen LogP contribution in [0, 0.1) is 11.8 Å². The molecule has 1 aromatic carbocycles. The number of carbonyl (C=O) groups is 1. The second-order valence-corrected chi connectivity index (χ2v) is 7.09. The number of rotatable bonds is 3.